The quantitative estimate of drug-likeness (QED) is 0.331. The molecule has 0 fully saturated rings. The van der Waals surface area contributed by atoms with Crippen molar-refractivity contribution in [2.24, 2.45) is 0 Å². The number of alkyl halides is 1. The molecule has 11 heteroatoms. The zero-order valence-electron chi connectivity index (χ0n) is 22.0. The van der Waals surface area contributed by atoms with Gasteiger partial charge >= 0.3 is 11.9 Å². The van der Waals surface area contributed by atoms with Crippen LogP contribution in [0.25, 0.3) is 0 Å². The Morgan fingerprint density at radius 2 is 1.90 bits per heavy atom. The number of halogens is 3. The highest BCUT2D eigenvalue weighted by atomic mass is 35.5. The van der Waals surface area contributed by atoms with Crippen molar-refractivity contribution in [2.75, 3.05) is 11.9 Å². The van der Waals surface area contributed by atoms with Gasteiger partial charge in [-0.15, -0.1) is 0 Å². The minimum Gasteiger partial charge on any atom is -0.491 e. The minimum absolute atomic E-state index is 0.00682. The zero-order valence-corrected chi connectivity index (χ0v) is 22.8. The summed E-state index contributed by atoms with van der Waals surface area (Å²) in [7, 11) is 0. The maximum absolute atomic E-state index is 13.6. The number of pyridine rings is 1. The highest BCUT2D eigenvalue weighted by Gasteiger charge is 2.46. The van der Waals surface area contributed by atoms with Crippen molar-refractivity contribution >= 4 is 29.2 Å². The lowest BCUT2D eigenvalue weighted by Gasteiger charge is -2.29. The van der Waals surface area contributed by atoms with Crippen LogP contribution in [0.5, 0.6) is 0 Å². The Kier molecular flexibility index (Phi) is 8.92. The van der Waals surface area contributed by atoms with E-state index in [1.54, 1.807) is 16.7 Å². The van der Waals surface area contributed by atoms with E-state index in [-0.39, 0.29) is 34.6 Å². The highest BCUT2D eigenvalue weighted by Crippen LogP contribution is 2.39. The Labute approximate surface area is 239 Å². The van der Waals surface area contributed by atoms with Crippen molar-refractivity contribution < 1.29 is 33.3 Å². The van der Waals surface area contributed by atoms with E-state index in [0.29, 0.717) is 12.6 Å². The molecule has 1 unspecified atom stereocenters. The Hall–Kier alpha value is -4.44. The molecule has 0 bridgehead atoms. The van der Waals surface area contributed by atoms with Crippen LogP contribution in [0.4, 0.5) is 14.5 Å². The van der Waals surface area contributed by atoms with Crippen LogP contribution in [0.1, 0.15) is 30.0 Å². The monoisotopic (exact) mass is 584 g/mol. The molecule has 41 heavy (non-hydrogen) atoms. The molecule has 0 radical (unpaired) electrons. The summed E-state index contributed by atoms with van der Waals surface area (Å²) in [6.45, 7) is 2.76. The Morgan fingerprint density at radius 3 is 2.59 bits per heavy atom. The van der Waals surface area contributed by atoms with E-state index in [4.69, 9.17) is 21.4 Å². The minimum atomic E-state index is -2.11. The van der Waals surface area contributed by atoms with E-state index in [2.05, 4.69) is 23.5 Å². The van der Waals surface area contributed by atoms with Crippen LogP contribution in [0.15, 0.2) is 88.6 Å². The number of nitrogens with one attached hydrogen (secondary N) is 1. The summed E-state index contributed by atoms with van der Waals surface area (Å²) in [5, 5.41) is 21.8. The van der Waals surface area contributed by atoms with E-state index in [9.17, 15) is 28.3 Å². The van der Waals surface area contributed by atoms with Gasteiger partial charge in [-0.1, -0.05) is 29.8 Å². The topological polar surface area (TPSA) is 118 Å². The van der Waals surface area contributed by atoms with Crippen molar-refractivity contribution in [1.82, 2.24) is 4.57 Å². The summed E-state index contributed by atoms with van der Waals surface area (Å²) in [4.78, 5) is 32.2. The average molecular weight is 585 g/mol. The number of benzene rings is 2. The molecule has 0 amide bonds. The van der Waals surface area contributed by atoms with Crippen LogP contribution >= 0.6 is 11.6 Å². The van der Waals surface area contributed by atoms with Gasteiger partial charge in [-0.25, -0.2) is 18.4 Å². The fraction of sp³-hybridized carbons (Fsp3) is 0.233. The molecule has 0 saturated heterocycles. The Balaban J connectivity index is 0.000000199. The van der Waals surface area contributed by atoms with Gasteiger partial charge in [0.15, 0.2) is 0 Å². The molecule has 0 spiro atoms. The second-order valence-electron chi connectivity index (χ2n) is 9.62. The first-order valence-electron chi connectivity index (χ1n) is 12.6. The lowest BCUT2D eigenvalue weighted by atomic mass is 9.87. The number of rotatable bonds is 7. The van der Waals surface area contributed by atoms with Gasteiger partial charge in [-0.3, -0.25) is 4.79 Å². The fourth-order valence-corrected chi connectivity index (χ4v) is 4.73. The molecule has 3 N–H and O–H groups in total. The molecule has 0 saturated carbocycles. The summed E-state index contributed by atoms with van der Waals surface area (Å²) >= 11 is 6.07. The lowest BCUT2D eigenvalue weighted by molar-refractivity contribution is -0.140. The van der Waals surface area contributed by atoms with Gasteiger partial charge in [0.05, 0.1) is 6.54 Å². The van der Waals surface area contributed by atoms with E-state index in [0.717, 1.165) is 25.1 Å². The number of carboxylic acids is 2. The SMILES string of the molecule is CC1=C(C(=O)O)CC(Cl)(C(=O)O)C(OCc2ccc(F)cc2F)=C1.O=c1ccccn1Cc1ccc2c(c1)CCN2. The Morgan fingerprint density at radius 1 is 1.12 bits per heavy atom. The second kappa shape index (κ2) is 12.4. The van der Waals surface area contributed by atoms with Crippen molar-refractivity contribution in [3.8, 4) is 0 Å². The van der Waals surface area contributed by atoms with Crippen LogP contribution < -0.4 is 10.9 Å². The standard InChI is InChI=1S/C16H13ClF2O5.C14H14N2O/c1-8-4-13(16(17,15(22)23)6-11(8)14(20)21)24-7-9-2-3-10(18)5-12(9)19;17-14-3-1-2-8-16(14)10-11-4-5-13-12(9-11)6-7-15-13/h2-5H,6-7H2,1H3,(H,20,21)(H,22,23);1-5,8-9,15H,6-7,10H2. The van der Waals surface area contributed by atoms with Gasteiger partial charge in [0.1, 0.15) is 24.0 Å². The van der Waals surface area contributed by atoms with Crippen LogP contribution in [-0.4, -0.2) is 38.1 Å². The third kappa shape index (κ3) is 6.83. The number of hydrogen-bond acceptors (Lipinski definition) is 5. The summed E-state index contributed by atoms with van der Waals surface area (Å²) < 4.78 is 33.6. The van der Waals surface area contributed by atoms with E-state index in [1.165, 1.54) is 29.8 Å². The van der Waals surface area contributed by atoms with Crippen LogP contribution in [-0.2, 0) is 33.9 Å². The smallest absolute Gasteiger partial charge is 0.332 e. The number of hydrogen-bond donors (Lipinski definition) is 3. The summed E-state index contributed by atoms with van der Waals surface area (Å²) in [5.41, 5.74) is 3.96. The normalized spacial score (nSPS) is 17.5. The number of aromatic nitrogens is 1. The molecule has 2 aliphatic rings. The molecule has 1 atom stereocenters. The van der Waals surface area contributed by atoms with Crippen molar-refractivity contribution in [3.63, 3.8) is 0 Å². The number of ether oxygens (including phenoxy) is 1. The highest BCUT2D eigenvalue weighted by molar-refractivity contribution is 6.36. The Bertz CT molecular complexity index is 1620. The predicted molar refractivity (Wildman–Crippen MR) is 149 cm³/mol. The molecule has 1 aliphatic heterocycles. The molecule has 214 valence electrons. The number of aliphatic carboxylic acids is 2. The first-order chi connectivity index (χ1) is 19.5. The number of allylic oxidation sites excluding steroid dienone is 2. The van der Waals surface area contributed by atoms with E-state index < -0.39 is 34.9 Å². The van der Waals surface area contributed by atoms with Gasteiger partial charge in [-0.2, -0.15) is 0 Å². The number of fused-ring (bicyclic) bond motifs is 1. The number of anilines is 1. The lowest BCUT2D eigenvalue weighted by Crippen LogP contribution is -2.39. The average Bonchev–Trinajstić information content (AvgIpc) is 3.39. The molecule has 3 aromatic rings. The molecule has 1 aromatic heterocycles. The number of carboxylic acid groups (broad SMARTS) is 2. The molecule has 8 nitrogen and oxygen atoms in total. The maximum atomic E-state index is 13.6. The molecule has 2 heterocycles. The molecule has 5 rings (SSSR count). The first kappa shape index (κ1) is 29.5. The predicted octanol–water partition coefficient (Wildman–Crippen LogP) is 5.10. The second-order valence-corrected chi connectivity index (χ2v) is 10.3. The zero-order chi connectivity index (χ0) is 29.7. The maximum Gasteiger partial charge on any atom is 0.332 e. The molecule has 1 aliphatic carbocycles. The summed E-state index contributed by atoms with van der Waals surface area (Å²) in [6.07, 6.45) is 3.62. The third-order valence-electron chi connectivity index (χ3n) is 6.76. The number of nitrogens with zero attached hydrogens (tertiary/aromatic N) is 1. The van der Waals surface area contributed by atoms with Gasteiger partial charge < -0.3 is 24.8 Å². The van der Waals surface area contributed by atoms with Gasteiger partial charge in [-0.05, 0) is 60.4 Å². The van der Waals surface area contributed by atoms with Gasteiger partial charge in [0, 0.05) is 48.1 Å². The van der Waals surface area contributed by atoms with Crippen LogP contribution in [0, 0.1) is 11.6 Å². The van der Waals surface area contributed by atoms with Crippen molar-refractivity contribution in [2.45, 2.75) is 37.8 Å². The first-order valence-corrected chi connectivity index (χ1v) is 13.0. The summed E-state index contributed by atoms with van der Waals surface area (Å²) in [5.74, 6) is -4.57. The third-order valence-corrected chi connectivity index (χ3v) is 7.24. The number of carbonyl (C=O) groups is 2. The largest absolute Gasteiger partial charge is 0.491 e. The van der Waals surface area contributed by atoms with Gasteiger partial charge in [0.25, 0.3) is 5.56 Å². The van der Waals surface area contributed by atoms with Crippen LogP contribution in [0.3, 0.4) is 0 Å². The molecule has 2 aromatic carbocycles. The van der Waals surface area contributed by atoms with E-state index >= 15 is 0 Å². The van der Waals surface area contributed by atoms with Crippen molar-refractivity contribution in [3.05, 3.63) is 122 Å². The molecular weight excluding hydrogens is 558 g/mol. The van der Waals surface area contributed by atoms with Crippen molar-refractivity contribution in [1.29, 1.82) is 0 Å². The molecular formula is C30H27ClF2N2O6. The van der Waals surface area contributed by atoms with Crippen LogP contribution in [0.2, 0.25) is 0 Å². The van der Waals surface area contributed by atoms with E-state index in [1.807, 2.05) is 12.3 Å². The van der Waals surface area contributed by atoms with Gasteiger partial charge in [0.2, 0.25) is 4.87 Å². The summed E-state index contributed by atoms with van der Waals surface area (Å²) in [6, 6.07) is 14.5. The fourth-order valence-electron chi connectivity index (χ4n) is 4.49.